The van der Waals surface area contributed by atoms with Crippen LogP contribution < -0.4 is 11.2 Å². The Morgan fingerprint density at radius 1 is 1.45 bits per heavy atom. The summed E-state index contributed by atoms with van der Waals surface area (Å²) in [4.78, 5) is 4.06. The molecule has 7 heteroatoms. The number of amidine groups is 1. The SMILES string of the molecule is Cn1cncc1-c1ccc(N/N=C(\C#N)C(=N)N)cc1. The molecule has 0 bridgehead atoms. The number of nitriles is 1. The van der Waals surface area contributed by atoms with E-state index in [0.717, 1.165) is 11.3 Å². The summed E-state index contributed by atoms with van der Waals surface area (Å²) < 4.78 is 1.92. The Labute approximate surface area is 115 Å². The van der Waals surface area contributed by atoms with Gasteiger partial charge in [-0.3, -0.25) is 10.8 Å². The van der Waals surface area contributed by atoms with Gasteiger partial charge in [-0.25, -0.2) is 4.98 Å². The van der Waals surface area contributed by atoms with Crippen LogP contribution in [0, 0.1) is 16.7 Å². The summed E-state index contributed by atoms with van der Waals surface area (Å²) in [7, 11) is 1.92. The zero-order valence-electron chi connectivity index (χ0n) is 10.8. The molecule has 0 atom stereocenters. The van der Waals surface area contributed by atoms with Crippen LogP contribution in [-0.2, 0) is 7.05 Å². The molecule has 20 heavy (non-hydrogen) atoms. The van der Waals surface area contributed by atoms with Crippen molar-refractivity contribution in [3.05, 3.63) is 36.8 Å². The number of hydrogen-bond acceptors (Lipinski definition) is 5. The molecule has 0 amide bonds. The third kappa shape index (κ3) is 2.81. The summed E-state index contributed by atoms with van der Waals surface area (Å²) in [5.74, 6) is -0.369. The maximum atomic E-state index is 8.72. The molecule has 0 spiro atoms. The maximum absolute atomic E-state index is 8.72. The summed E-state index contributed by atoms with van der Waals surface area (Å²) in [5.41, 5.74) is 10.5. The average molecular weight is 267 g/mol. The van der Waals surface area contributed by atoms with Crippen molar-refractivity contribution in [2.45, 2.75) is 0 Å². The molecule has 100 valence electrons. The van der Waals surface area contributed by atoms with Gasteiger partial charge in [0.25, 0.3) is 0 Å². The Morgan fingerprint density at radius 2 is 2.15 bits per heavy atom. The van der Waals surface area contributed by atoms with Crippen molar-refractivity contribution in [1.82, 2.24) is 9.55 Å². The lowest BCUT2D eigenvalue weighted by atomic mass is 10.1. The number of aromatic nitrogens is 2. The molecule has 1 aromatic carbocycles. The van der Waals surface area contributed by atoms with E-state index in [1.165, 1.54) is 0 Å². The van der Waals surface area contributed by atoms with E-state index in [-0.39, 0.29) is 11.5 Å². The van der Waals surface area contributed by atoms with Crippen LogP contribution in [-0.4, -0.2) is 21.1 Å². The fourth-order valence-electron chi connectivity index (χ4n) is 1.62. The molecule has 0 saturated heterocycles. The van der Waals surface area contributed by atoms with Gasteiger partial charge in [0.05, 0.1) is 23.9 Å². The van der Waals surface area contributed by atoms with E-state index in [1.54, 1.807) is 18.6 Å². The second kappa shape index (κ2) is 5.67. The molecule has 2 aromatic rings. The number of hydrazone groups is 1. The van der Waals surface area contributed by atoms with Gasteiger partial charge >= 0.3 is 0 Å². The number of rotatable bonds is 4. The van der Waals surface area contributed by atoms with Gasteiger partial charge in [0.15, 0.2) is 5.84 Å². The maximum Gasteiger partial charge on any atom is 0.201 e. The molecule has 0 aliphatic heterocycles. The zero-order chi connectivity index (χ0) is 14.5. The van der Waals surface area contributed by atoms with Gasteiger partial charge in [-0.15, -0.1) is 0 Å². The summed E-state index contributed by atoms with van der Waals surface area (Å²) in [6, 6.07) is 9.20. The van der Waals surface area contributed by atoms with Crippen molar-refractivity contribution >= 4 is 17.2 Å². The molecular formula is C13H13N7. The quantitative estimate of drug-likeness (QED) is 0.440. The highest BCUT2D eigenvalue weighted by Crippen LogP contribution is 2.20. The molecule has 0 aliphatic rings. The van der Waals surface area contributed by atoms with Crippen LogP contribution in [0.4, 0.5) is 5.69 Å². The molecule has 1 aromatic heterocycles. The highest BCUT2D eigenvalue weighted by molar-refractivity contribution is 6.45. The van der Waals surface area contributed by atoms with Gasteiger partial charge in [-0.05, 0) is 17.7 Å². The molecular weight excluding hydrogens is 254 g/mol. The van der Waals surface area contributed by atoms with E-state index >= 15 is 0 Å². The Kier molecular flexibility index (Phi) is 3.77. The second-order valence-electron chi connectivity index (χ2n) is 4.06. The summed E-state index contributed by atoms with van der Waals surface area (Å²) >= 11 is 0. The lowest BCUT2D eigenvalue weighted by molar-refractivity contribution is 0.921. The normalized spacial score (nSPS) is 10.9. The number of nitrogens with one attached hydrogen (secondary N) is 2. The first-order valence-corrected chi connectivity index (χ1v) is 5.76. The smallest absolute Gasteiger partial charge is 0.201 e. The molecule has 0 unspecified atom stereocenters. The fraction of sp³-hybridized carbons (Fsp3) is 0.0769. The number of aryl methyl sites for hydroxylation is 1. The van der Waals surface area contributed by atoms with E-state index in [9.17, 15) is 0 Å². The topological polar surface area (TPSA) is 116 Å². The van der Waals surface area contributed by atoms with Crippen molar-refractivity contribution in [2.75, 3.05) is 5.43 Å². The highest BCUT2D eigenvalue weighted by Gasteiger charge is 2.03. The van der Waals surface area contributed by atoms with Crippen LogP contribution in [0.5, 0.6) is 0 Å². The fourth-order valence-corrected chi connectivity index (χ4v) is 1.62. The number of benzene rings is 1. The van der Waals surface area contributed by atoms with Crippen LogP contribution >= 0.6 is 0 Å². The van der Waals surface area contributed by atoms with Crippen LogP contribution in [0.3, 0.4) is 0 Å². The van der Waals surface area contributed by atoms with Crippen LogP contribution in [0.2, 0.25) is 0 Å². The van der Waals surface area contributed by atoms with Gasteiger partial charge in [-0.2, -0.15) is 10.4 Å². The first-order chi connectivity index (χ1) is 9.61. The third-order valence-electron chi connectivity index (χ3n) is 2.66. The summed E-state index contributed by atoms with van der Waals surface area (Å²) in [5, 5.41) is 19.6. The van der Waals surface area contributed by atoms with Gasteiger partial charge in [0.1, 0.15) is 6.07 Å². The Hall–Kier alpha value is -3.14. The van der Waals surface area contributed by atoms with Crippen molar-refractivity contribution in [1.29, 1.82) is 10.7 Å². The van der Waals surface area contributed by atoms with Crippen LogP contribution in [0.15, 0.2) is 41.9 Å². The third-order valence-corrected chi connectivity index (χ3v) is 2.66. The monoisotopic (exact) mass is 267 g/mol. The lowest BCUT2D eigenvalue weighted by Gasteiger charge is -2.04. The van der Waals surface area contributed by atoms with Gasteiger partial charge in [0.2, 0.25) is 5.71 Å². The van der Waals surface area contributed by atoms with Crippen molar-refractivity contribution in [3.63, 3.8) is 0 Å². The average Bonchev–Trinajstić information content (AvgIpc) is 2.86. The largest absolute Gasteiger partial charge is 0.382 e. The standard InChI is InChI=1S/C13H13N7/c1-20-8-17-7-12(20)9-2-4-10(5-3-9)18-19-11(6-14)13(15)16/h2-5,7-8,18H,1H3,(H3,15,16)/b19-11+. The van der Waals surface area contributed by atoms with Crippen molar-refractivity contribution < 1.29 is 0 Å². The molecule has 0 saturated carbocycles. The van der Waals surface area contributed by atoms with Gasteiger partial charge in [0, 0.05) is 7.05 Å². The second-order valence-corrected chi connectivity index (χ2v) is 4.06. The molecule has 0 fully saturated rings. The molecule has 4 N–H and O–H groups in total. The van der Waals surface area contributed by atoms with Gasteiger partial charge < -0.3 is 10.3 Å². The Bertz CT molecular complexity index is 688. The van der Waals surface area contributed by atoms with E-state index in [0.29, 0.717) is 5.69 Å². The van der Waals surface area contributed by atoms with Crippen LogP contribution in [0.25, 0.3) is 11.3 Å². The minimum Gasteiger partial charge on any atom is -0.382 e. The Morgan fingerprint density at radius 3 is 2.65 bits per heavy atom. The van der Waals surface area contributed by atoms with Crippen molar-refractivity contribution in [2.24, 2.45) is 17.9 Å². The summed E-state index contributed by atoms with van der Waals surface area (Å²) in [6.45, 7) is 0. The number of nitrogens with two attached hydrogens (primary N) is 1. The number of anilines is 1. The van der Waals surface area contributed by atoms with Crippen molar-refractivity contribution in [3.8, 4) is 17.3 Å². The molecule has 2 rings (SSSR count). The van der Waals surface area contributed by atoms with Crippen LogP contribution in [0.1, 0.15) is 0 Å². The molecule has 0 aliphatic carbocycles. The van der Waals surface area contributed by atoms with E-state index in [4.69, 9.17) is 16.4 Å². The van der Waals surface area contributed by atoms with E-state index < -0.39 is 0 Å². The number of imidazole rings is 1. The Balaban J connectivity index is 2.16. The predicted molar refractivity (Wildman–Crippen MR) is 77.2 cm³/mol. The molecule has 7 nitrogen and oxygen atoms in total. The predicted octanol–water partition coefficient (Wildman–Crippen LogP) is 1.31. The number of hydrogen-bond donors (Lipinski definition) is 3. The minimum absolute atomic E-state index is 0.152. The van der Waals surface area contributed by atoms with Gasteiger partial charge in [-0.1, -0.05) is 12.1 Å². The zero-order valence-corrected chi connectivity index (χ0v) is 10.8. The first-order valence-electron chi connectivity index (χ1n) is 5.76. The highest BCUT2D eigenvalue weighted by atomic mass is 15.3. The summed E-state index contributed by atoms with van der Waals surface area (Å²) in [6.07, 6.45) is 3.52. The minimum atomic E-state index is -0.369. The molecule has 0 radical (unpaired) electrons. The van der Waals surface area contributed by atoms with E-state index in [2.05, 4.69) is 15.5 Å². The molecule has 1 heterocycles. The van der Waals surface area contributed by atoms with E-state index in [1.807, 2.05) is 35.9 Å². The number of nitrogens with zero attached hydrogens (tertiary/aromatic N) is 4. The first kappa shape index (κ1) is 13.3. The lowest BCUT2D eigenvalue weighted by Crippen LogP contribution is -2.21.